The fourth-order valence-electron chi connectivity index (χ4n) is 1.70. The van der Waals surface area contributed by atoms with Crippen LogP contribution in [0.25, 0.3) is 0 Å². The molecule has 1 rings (SSSR count). The summed E-state index contributed by atoms with van der Waals surface area (Å²) in [6, 6.07) is 7.96. The van der Waals surface area contributed by atoms with Gasteiger partial charge in [0, 0.05) is 31.9 Å². The number of aliphatic hydroxyl groups is 2. The van der Waals surface area contributed by atoms with Crippen LogP contribution in [0.3, 0.4) is 0 Å². The van der Waals surface area contributed by atoms with E-state index in [1.165, 1.54) is 0 Å². The lowest BCUT2D eigenvalue weighted by Crippen LogP contribution is -2.35. The zero-order valence-corrected chi connectivity index (χ0v) is 12.5. The van der Waals surface area contributed by atoms with Crippen LogP contribution in [0.4, 0.5) is 5.69 Å². The fourth-order valence-corrected chi connectivity index (χ4v) is 1.70. The fraction of sp³-hybridized carbons (Fsp3) is 0.600. The lowest BCUT2D eigenvalue weighted by molar-refractivity contribution is 0.104. The Hall–Kier alpha value is -1.30. The standard InChI is InChI=1S/C15H26N2O3/c1-12(2)16-10-14(19)11-20-15-6-4-13(5-7-15)17(3)8-9-18/h4-7,12,14,16,18-19H,8-11H2,1-3H3. The van der Waals surface area contributed by atoms with Gasteiger partial charge < -0.3 is 25.2 Å². The van der Waals surface area contributed by atoms with Crippen LogP contribution in [0.5, 0.6) is 5.75 Å². The van der Waals surface area contributed by atoms with E-state index in [1.54, 1.807) is 0 Å². The van der Waals surface area contributed by atoms with E-state index in [-0.39, 0.29) is 13.2 Å². The molecular weight excluding hydrogens is 256 g/mol. The Morgan fingerprint density at radius 2 is 1.90 bits per heavy atom. The van der Waals surface area contributed by atoms with E-state index < -0.39 is 6.10 Å². The molecule has 0 aliphatic heterocycles. The van der Waals surface area contributed by atoms with Crippen molar-refractivity contribution in [2.75, 3.05) is 38.3 Å². The highest BCUT2D eigenvalue weighted by Crippen LogP contribution is 2.18. The lowest BCUT2D eigenvalue weighted by Gasteiger charge is -2.18. The van der Waals surface area contributed by atoms with E-state index in [9.17, 15) is 5.11 Å². The Bertz CT molecular complexity index is 368. The summed E-state index contributed by atoms with van der Waals surface area (Å²) in [5.41, 5.74) is 1.02. The predicted octanol–water partition coefficient (Wildman–Crippen LogP) is 0.853. The van der Waals surface area contributed by atoms with Gasteiger partial charge in [-0.05, 0) is 24.3 Å². The molecule has 0 amide bonds. The number of benzene rings is 1. The first kappa shape index (κ1) is 16.8. The third kappa shape index (κ3) is 6.23. The van der Waals surface area contributed by atoms with Crippen molar-refractivity contribution in [1.29, 1.82) is 0 Å². The van der Waals surface area contributed by atoms with Gasteiger partial charge in [0.25, 0.3) is 0 Å². The number of ether oxygens (including phenoxy) is 1. The van der Waals surface area contributed by atoms with Crippen molar-refractivity contribution in [3.63, 3.8) is 0 Å². The molecule has 0 aliphatic carbocycles. The van der Waals surface area contributed by atoms with E-state index in [1.807, 2.05) is 50.1 Å². The van der Waals surface area contributed by atoms with Crippen molar-refractivity contribution in [2.24, 2.45) is 0 Å². The number of aliphatic hydroxyl groups excluding tert-OH is 2. The summed E-state index contributed by atoms with van der Waals surface area (Å²) in [5, 5.41) is 21.8. The molecule has 20 heavy (non-hydrogen) atoms. The summed E-state index contributed by atoms with van der Waals surface area (Å²) >= 11 is 0. The van der Waals surface area contributed by atoms with Crippen LogP contribution in [-0.2, 0) is 0 Å². The van der Waals surface area contributed by atoms with Crippen molar-refractivity contribution in [1.82, 2.24) is 5.32 Å². The molecule has 3 N–H and O–H groups in total. The monoisotopic (exact) mass is 282 g/mol. The first-order valence-electron chi connectivity index (χ1n) is 6.99. The zero-order valence-electron chi connectivity index (χ0n) is 12.5. The summed E-state index contributed by atoms with van der Waals surface area (Å²) in [6.07, 6.45) is -0.519. The smallest absolute Gasteiger partial charge is 0.119 e. The second kappa shape index (κ2) is 8.79. The Morgan fingerprint density at radius 3 is 2.45 bits per heavy atom. The molecule has 114 valence electrons. The van der Waals surface area contributed by atoms with Crippen LogP contribution in [0.15, 0.2) is 24.3 Å². The van der Waals surface area contributed by atoms with E-state index >= 15 is 0 Å². The summed E-state index contributed by atoms with van der Waals surface area (Å²) in [5.74, 6) is 0.731. The average molecular weight is 282 g/mol. The number of nitrogens with zero attached hydrogens (tertiary/aromatic N) is 1. The highest BCUT2D eigenvalue weighted by Gasteiger charge is 2.06. The zero-order chi connectivity index (χ0) is 15.0. The molecule has 1 unspecified atom stereocenters. The minimum absolute atomic E-state index is 0.129. The van der Waals surface area contributed by atoms with Crippen molar-refractivity contribution >= 4 is 5.69 Å². The number of hydrogen-bond donors (Lipinski definition) is 3. The summed E-state index contributed by atoms with van der Waals surface area (Å²) in [4.78, 5) is 1.96. The van der Waals surface area contributed by atoms with Gasteiger partial charge in [0.1, 0.15) is 18.5 Å². The molecule has 0 radical (unpaired) electrons. The Morgan fingerprint density at radius 1 is 1.25 bits per heavy atom. The van der Waals surface area contributed by atoms with Gasteiger partial charge in [-0.25, -0.2) is 0 Å². The molecule has 0 fully saturated rings. The third-order valence-electron chi connectivity index (χ3n) is 2.92. The van der Waals surface area contributed by atoms with Crippen LogP contribution in [0.2, 0.25) is 0 Å². The highest BCUT2D eigenvalue weighted by molar-refractivity contribution is 5.48. The molecule has 0 heterocycles. The van der Waals surface area contributed by atoms with Crippen molar-refractivity contribution in [3.8, 4) is 5.75 Å². The maximum atomic E-state index is 9.75. The van der Waals surface area contributed by atoms with Crippen molar-refractivity contribution in [2.45, 2.75) is 26.0 Å². The Kier molecular flexibility index (Phi) is 7.36. The van der Waals surface area contributed by atoms with Crippen LogP contribution >= 0.6 is 0 Å². The minimum atomic E-state index is -0.519. The quantitative estimate of drug-likeness (QED) is 0.627. The van der Waals surface area contributed by atoms with Gasteiger partial charge in [-0.1, -0.05) is 13.8 Å². The second-order valence-electron chi connectivity index (χ2n) is 5.17. The van der Waals surface area contributed by atoms with Gasteiger partial charge >= 0.3 is 0 Å². The first-order valence-corrected chi connectivity index (χ1v) is 6.99. The second-order valence-corrected chi connectivity index (χ2v) is 5.17. The number of rotatable bonds is 9. The van der Waals surface area contributed by atoms with Gasteiger partial charge in [0.15, 0.2) is 0 Å². The molecule has 0 saturated carbocycles. The van der Waals surface area contributed by atoms with Crippen molar-refractivity contribution < 1.29 is 14.9 Å². The van der Waals surface area contributed by atoms with E-state index in [2.05, 4.69) is 5.32 Å². The van der Waals surface area contributed by atoms with Crippen LogP contribution in [0, 0.1) is 0 Å². The molecular formula is C15H26N2O3. The molecule has 0 saturated heterocycles. The number of likely N-dealkylation sites (N-methyl/N-ethyl adjacent to an activating group) is 1. The van der Waals surface area contributed by atoms with Crippen LogP contribution in [-0.4, -0.2) is 55.7 Å². The SMILES string of the molecule is CC(C)NCC(O)COc1ccc(N(C)CCO)cc1. The van der Waals surface area contributed by atoms with Crippen LogP contribution < -0.4 is 15.0 Å². The number of hydrogen-bond acceptors (Lipinski definition) is 5. The highest BCUT2D eigenvalue weighted by atomic mass is 16.5. The molecule has 5 heteroatoms. The predicted molar refractivity (Wildman–Crippen MR) is 81.4 cm³/mol. The molecule has 1 aromatic carbocycles. The summed E-state index contributed by atoms with van der Waals surface area (Å²) in [6.45, 7) is 5.59. The molecule has 0 spiro atoms. The summed E-state index contributed by atoms with van der Waals surface area (Å²) in [7, 11) is 1.92. The maximum absolute atomic E-state index is 9.75. The van der Waals surface area contributed by atoms with Gasteiger partial charge in [0.05, 0.1) is 6.61 Å². The largest absolute Gasteiger partial charge is 0.491 e. The minimum Gasteiger partial charge on any atom is -0.491 e. The van der Waals surface area contributed by atoms with Gasteiger partial charge in [-0.3, -0.25) is 0 Å². The normalized spacial score (nSPS) is 12.5. The van der Waals surface area contributed by atoms with E-state index in [4.69, 9.17) is 9.84 Å². The first-order chi connectivity index (χ1) is 9.52. The van der Waals surface area contributed by atoms with E-state index in [0.29, 0.717) is 19.1 Å². The Balaban J connectivity index is 2.37. The third-order valence-corrected chi connectivity index (χ3v) is 2.92. The van der Waals surface area contributed by atoms with E-state index in [0.717, 1.165) is 11.4 Å². The molecule has 1 atom stereocenters. The van der Waals surface area contributed by atoms with Gasteiger partial charge in [-0.2, -0.15) is 0 Å². The van der Waals surface area contributed by atoms with Gasteiger partial charge in [0.2, 0.25) is 0 Å². The summed E-state index contributed by atoms with van der Waals surface area (Å²) < 4.78 is 5.54. The Labute approximate surface area is 121 Å². The maximum Gasteiger partial charge on any atom is 0.119 e. The number of anilines is 1. The molecule has 0 aliphatic rings. The van der Waals surface area contributed by atoms with Crippen LogP contribution in [0.1, 0.15) is 13.8 Å². The molecule has 0 bridgehead atoms. The van der Waals surface area contributed by atoms with Crippen molar-refractivity contribution in [3.05, 3.63) is 24.3 Å². The topological polar surface area (TPSA) is 65.0 Å². The molecule has 5 nitrogen and oxygen atoms in total. The van der Waals surface area contributed by atoms with Gasteiger partial charge in [-0.15, -0.1) is 0 Å². The average Bonchev–Trinajstić information content (AvgIpc) is 2.43. The molecule has 0 aromatic heterocycles. The molecule has 1 aromatic rings. The number of nitrogens with one attached hydrogen (secondary N) is 1. The lowest BCUT2D eigenvalue weighted by atomic mass is 10.2.